The second-order valence-corrected chi connectivity index (χ2v) is 13.7. The van der Waals surface area contributed by atoms with Crippen LogP contribution in [0.1, 0.15) is 112 Å². The molecule has 0 amide bonds. The zero-order valence-corrected chi connectivity index (χ0v) is 21.0. The summed E-state index contributed by atoms with van der Waals surface area (Å²) in [7, 11) is 0. The van der Waals surface area contributed by atoms with Gasteiger partial charge in [0.25, 0.3) is 0 Å². The molecule has 0 radical (unpaired) electrons. The molecule has 4 aliphatic carbocycles. The third-order valence-electron chi connectivity index (χ3n) is 10.8. The minimum atomic E-state index is -0.378. The van der Waals surface area contributed by atoms with Crippen molar-refractivity contribution in [3.05, 3.63) is 16.6 Å². The zero-order valence-electron chi connectivity index (χ0n) is 21.0. The summed E-state index contributed by atoms with van der Waals surface area (Å²) in [6.45, 7) is 13.6. The van der Waals surface area contributed by atoms with Gasteiger partial charge < -0.3 is 5.11 Å². The molecule has 0 aromatic heterocycles. The second kappa shape index (κ2) is 7.96. The average Bonchev–Trinajstić information content (AvgIpc) is 3.04. The van der Waals surface area contributed by atoms with E-state index in [0.717, 1.165) is 49.4 Å². The molecular weight excluding hydrogens is 382 g/mol. The van der Waals surface area contributed by atoms with Crippen molar-refractivity contribution in [1.29, 1.82) is 0 Å². The highest BCUT2D eigenvalue weighted by molar-refractivity contribution is 5.27. The molecule has 3 fully saturated rings. The van der Waals surface area contributed by atoms with E-state index in [1.165, 1.54) is 44.9 Å². The summed E-state index contributed by atoms with van der Waals surface area (Å²) in [6.07, 6.45) is 15.5. The van der Waals surface area contributed by atoms with Crippen LogP contribution in [0.3, 0.4) is 0 Å². The zero-order chi connectivity index (χ0) is 22.7. The van der Waals surface area contributed by atoms with Gasteiger partial charge in [-0.25, -0.2) is 0 Å². The Morgan fingerprint density at radius 3 is 2.52 bits per heavy atom. The Labute approximate surface area is 190 Å². The lowest BCUT2D eigenvalue weighted by Crippen LogP contribution is -2.51. The van der Waals surface area contributed by atoms with Crippen molar-refractivity contribution < 1.29 is 5.11 Å². The summed E-state index contributed by atoms with van der Waals surface area (Å²) in [6, 6.07) is 0. The lowest BCUT2D eigenvalue weighted by atomic mass is 9.46. The molecule has 0 saturated heterocycles. The molecule has 8 atom stereocenters. The van der Waals surface area contributed by atoms with E-state index in [-0.39, 0.29) is 17.1 Å². The predicted octanol–water partition coefficient (Wildman–Crippen LogP) is 7.67. The van der Waals surface area contributed by atoms with Crippen LogP contribution in [0.4, 0.5) is 0 Å². The monoisotopic (exact) mass is 429 g/mol. The Balaban J connectivity index is 1.45. The number of nitrogens with zero attached hydrogens (tertiary/aromatic N) is 1. The Morgan fingerprint density at radius 2 is 1.84 bits per heavy atom. The molecule has 3 nitrogen and oxygen atoms in total. The number of fused-ring (bicyclic) bond motifs is 5. The fourth-order valence-electron chi connectivity index (χ4n) is 8.46. The first-order chi connectivity index (χ1) is 14.4. The molecule has 1 N–H and O–H groups in total. The number of nitroso groups, excluding NO2 is 1. The van der Waals surface area contributed by atoms with Crippen molar-refractivity contribution in [1.82, 2.24) is 0 Å². The minimum absolute atomic E-state index is 0.00278. The molecule has 0 aliphatic heterocycles. The summed E-state index contributed by atoms with van der Waals surface area (Å²) < 4.78 is 0. The first-order valence-corrected chi connectivity index (χ1v) is 13.1. The van der Waals surface area contributed by atoms with Gasteiger partial charge in [0.1, 0.15) is 5.54 Å². The number of allylic oxidation sites excluding steroid dienone is 1. The molecule has 4 rings (SSSR count). The van der Waals surface area contributed by atoms with Gasteiger partial charge >= 0.3 is 0 Å². The topological polar surface area (TPSA) is 49.7 Å². The highest BCUT2D eigenvalue weighted by atomic mass is 16.3. The lowest BCUT2D eigenvalue weighted by molar-refractivity contribution is -0.0469. The molecule has 0 bridgehead atoms. The molecule has 0 aromatic rings. The summed E-state index contributed by atoms with van der Waals surface area (Å²) >= 11 is 0. The van der Waals surface area contributed by atoms with Crippen LogP contribution < -0.4 is 0 Å². The van der Waals surface area contributed by atoms with Gasteiger partial charge in [0.2, 0.25) is 0 Å². The Morgan fingerprint density at radius 1 is 1.10 bits per heavy atom. The van der Waals surface area contributed by atoms with E-state index in [4.69, 9.17) is 0 Å². The molecule has 2 unspecified atom stereocenters. The van der Waals surface area contributed by atoms with Gasteiger partial charge in [0.05, 0.1) is 6.10 Å². The minimum Gasteiger partial charge on any atom is -0.393 e. The van der Waals surface area contributed by atoms with Crippen molar-refractivity contribution >= 4 is 0 Å². The fraction of sp³-hybridized carbons (Fsp3) is 0.929. The normalized spacial score (nSPS) is 45.8. The van der Waals surface area contributed by atoms with Crippen molar-refractivity contribution in [2.45, 2.75) is 124 Å². The number of rotatable bonds is 5. The predicted molar refractivity (Wildman–Crippen MR) is 129 cm³/mol. The third-order valence-corrected chi connectivity index (χ3v) is 10.8. The fourth-order valence-corrected chi connectivity index (χ4v) is 8.46. The van der Waals surface area contributed by atoms with Crippen LogP contribution in [0.15, 0.2) is 16.8 Å². The summed E-state index contributed by atoms with van der Waals surface area (Å²) in [5, 5.41) is 14.0. The van der Waals surface area contributed by atoms with Crippen LogP contribution >= 0.6 is 0 Å². The quantitative estimate of drug-likeness (QED) is 0.360. The largest absolute Gasteiger partial charge is 0.393 e. The smallest absolute Gasteiger partial charge is 0.104 e. The van der Waals surface area contributed by atoms with Crippen molar-refractivity contribution in [2.75, 3.05) is 0 Å². The lowest BCUT2D eigenvalue weighted by Gasteiger charge is -2.58. The van der Waals surface area contributed by atoms with Crippen molar-refractivity contribution in [3.63, 3.8) is 0 Å². The maximum atomic E-state index is 11.5. The Bertz CT molecular complexity index is 723. The maximum Gasteiger partial charge on any atom is 0.104 e. The van der Waals surface area contributed by atoms with Crippen LogP contribution in [0, 0.1) is 44.8 Å². The SMILES string of the molecule is CC(C)(C)[C@H](O)CCC[C@H]1CCC2[C@@H]3CC=C4C[C@@](C)(N=O)CC[C@]4(C)C3CC[C@@]21C. The Hall–Kier alpha value is -0.700. The molecule has 0 aromatic carbocycles. The average molecular weight is 430 g/mol. The van der Waals surface area contributed by atoms with Gasteiger partial charge in [-0.05, 0) is 111 Å². The van der Waals surface area contributed by atoms with E-state index in [1.807, 2.05) is 0 Å². The maximum absolute atomic E-state index is 11.5. The number of hydrogen-bond acceptors (Lipinski definition) is 3. The molecule has 0 spiro atoms. The molecule has 4 aliphatic rings. The summed E-state index contributed by atoms with van der Waals surface area (Å²) in [5.74, 6) is 3.31. The van der Waals surface area contributed by atoms with Gasteiger partial charge in [-0.3, -0.25) is 0 Å². The van der Waals surface area contributed by atoms with Crippen LogP contribution in [0.5, 0.6) is 0 Å². The first kappa shape index (κ1) is 23.5. The highest BCUT2D eigenvalue weighted by Gasteiger charge is 2.59. The van der Waals surface area contributed by atoms with Crippen LogP contribution in [0.2, 0.25) is 0 Å². The van der Waals surface area contributed by atoms with Crippen molar-refractivity contribution in [2.24, 2.45) is 45.1 Å². The molecule has 176 valence electrons. The van der Waals surface area contributed by atoms with Crippen LogP contribution in [-0.2, 0) is 0 Å². The number of hydrogen-bond donors (Lipinski definition) is 1. The van der Waals surface area contributed by atoms with Gasteiger partial charge in [0.15, 0.2) is 0 Å². The van der Waals surface area contributed by atoms with Gasteiger partial charge in [-0.2, -0.15) is 4.91 Å². The summed E-state index contributed by atoms with van der Waals surface area (Å²) in [4.78, 5) is 11.5. The first-order valence-electron chi connectivity index (χ1n) is 13.1. The van der Waals surface area contributed by atoms with E-state index in [2.05, 4.69) is 52.8 Å². The molecular formula is C28H47NO2. The molecule has 31 heavy (non-hydrogen) atoms. The highest BCUT2D eigenvalue weighted by Crippen LogP contribution is 2.67. The second-order valence-electron chi connectivity index (χ2n) is 13.7. The Kier molecular flexibility index (Phi) is 6.02. The summed E-state index contributed by atoms with van der Waals surface area (Å²) in [5.41, 5.74) is 1.96. The van der Waals surface area contributed by atoms with Crippen LogP contribution in [-0.4, -0.2) is 16.7 Å². The van der Waals surface area contributed by atoms with Gasteiger partial charge in [-0.15, -0.1) is 0 Å². The molecule has 3 saturated carbocycles. The van der Waals surface area contributed by atoms with E-state index < -0.39 is 0 Å². The van der Waals surface area contributed by atoms with E-state index in [0.29, 0.717) is 10.8 Å². The van der Waals surface area contributed by atoms with E-state index in [9.17, 15) is 10.0 Å². The number of aliphatic hydroxyl groups is 1. The van der Waals surface area contributed by atoms with E-state index in [1.54, 1.807) is 5.57 Å². The van der Waals surface area contributed by atoms with Gasteiger partial charge in [-0.1, -0.05) is 57.9 Å². The van der Waals surface area contributed by atoms with Gasteiger partial charge in [0, 0.05) is 0 Å². The number of aliphatic hydroxyl groups excluding tert-OH is 1. The van der Waals surface area contributed by atoms with Crippen molar-refractivity contribution in [3.8, 4) is 0 Å². The molecule has 3 heteroatoms. The molecule has 0 heterocycles. The third kappa shape index (κ3) is 3.96. The standard InChI is InChI=1S/C28H47NO2/c1-25(2,3)24(30)9-7-8-19-11-13-22-21-12-10-20-18-26(4,29-31)16-17-28(20,6)23(21)14-15-27(19,22)5/h10,19,21-24,30H,7-9,11-18H2,1-6H3/t19-,21-,22?,23?,24+,26-,27+,28-/m0/s1. The van der Waals surface area contributed by atoms with E-state index >= 15 is 0 Å². The van der Waals surface area contributed by atoms with Crippen LogP contribution in [0.25, 0.3) is 0 Å².